The number of anilines is 1. The van der Waals surface area contributed by atoms with Gasteiger partial charge in [0.1, 0.15) is 11.9 Å². The Morgan fingerprint density at radius 2 is 1.53 bits per heavy atom. The Kier molecular flexibility index (Phi) is 18.7. The smallest absolute Gasteiger partial charge is 0.328 e. The van der Waals surface area contributed by atoms with Crippen molar-refractivity contribution in [3.05, 3.63) is 58.2 Å². The third-order valence-electron chi connectivity index (χ3n) is 7.01. The standard InChI is InChI=1S/C31H47Cl2N9O5/c1-20(40-26(43)7-3-5-11-39-25-6-2-4-10-38-25)30(45)42-29(31(46)47)28(22-15-23(32)17-24(33)16-22)41-27(44)14-21(18-36-12-8-34)19-37-13-9-35/h2,4,6,10,15-17,20-21,28-29,36-37H,3,5,7-9,11-14,18-19,34-35H2,1H3,(H,38,39)(H,40,43)(H,41,44)(H,42,45)(H,46,47)/t20?,28?,29-/m0/s1. The highest BCUT2D eigenvalue weighted by Crippen LogP contribution is 2.26. The van der Waals surface area contributed by atoms with Crippen LogP contribution in [0.4, 0.5) is 5.82 Å². The van der Waals surface area contributed by atoms with E-state index in [4.69, 9.17) is 34.7 Å². The molecule has 16 heteroatoms. The van der Waals surface area contributed by atoms with Gasteiger partial charge in [0, 0.05) is 61.8 Å². The number of unbranched alkanes of at least 4 members (excludes halogenated alkanes) is 1. The van der Waals surface area contributed by atoms with E-state index in [1.54, 1.807) is 6.20 Å². The minimum Gasteiger partial charge on any atom is -0.480 e. The fourth-order valence-electron chi connectivity index (χ4n) is 4.68. The third kappa shape index (κ3) is 15.7. The highest BCUT2D eigenvalue weighted by molar-refractivity contribution is 6.34. The second-order valence-electron chi connectivity index (χ2n) is 11.0. The van der Waals surface area contributed by atoms with Crippen molar-refractivity contribution < 1.29 is 24.3 Å². The molecule has 11 N–H and O–H groups in total. The van der Waals surface area contributed by atoms with Gasteiger partial charge in [-0.2, -0.15) is 0 Å². The summed E-state index contributed by atoms with van der Waals surface area (Å²) in [6, 6.07) is 6.01. The van der Waals surface area contributed by atoms with Crippen LogP contribution < -0.4 is 43.4 Å². The number of nitrogens with zero attached hydrogens (tertiary/aromatic N) is 1. The minimum absolute atomic E-state index is 0.0318. The molecule has 0 fully saturated rings. The summed E-state index contributed by atoms with van der Waals surface area (Å²) in [6.07, 6.45) is 3.14. The molecule has 14 nitrogen and oxygen atoms in total. The zero-order valence-corrected chi connectivity index (χ0v) is 28.1. The average molecular weight is 697 g/mol. The van der Waals surface area contributed by atoms with E-state index in [-0.39, 0.29) is 40.3 Å². The SMILES string of the molecule is CC(NC(=O)CCCCNc1ccccn1)C(=O)N[C@H](C(=O)O)C(NC(=O)CC(CNCCN)CNCCN)c1cc(Cl)cc(Cl)c1. The Labute approximate surface area is 285 Å². The fourth-order valence-corrected chi connectivity index (χ4v) is 5.22. The molecule has 2 aromatic rings. The molecule has 3 atom stereocenters. The lowest BCUT2D eigenvalue weighted by molar-refractivity contribution is -0.143. The van der Waals surface area contributed by atoms with E-state index in [1.165, 1.54) is 25.1 Å². The van der Waals surface area contributed by atoms with Crippen molar-refractivity contribution in [1.82, 2.24) is 31.6 Å². The maximum Gasteiger partial charge on any atom is 0.328 e. The Hall–Kier alpha value is -3.53. The van der Waals surface area contributed by atoms with Crippen LogP contribution in [0.2, 0.25) is 10.0 Å². The summed E-state index contributed by atoms with van der Waals surface area (Å²) in [6.45, 7) is 5.00. The van der Waals surface area contributed by atoms with Gasteiger partial charge in [0.25, 0.3) is 0 Å². The van der Waals surface area contributed by atoms with Crippen molar-refractivity contribution in [2.24, 2.45) is 17.4 Å². The van der Waals surface area contributed by atoms with Gasteiger partial charge < -0.3 is 48.5 Å². The number of rotatable bonds is 23. The zero-order valence-electron chi connectivity index (χ0n) is 26.6. The lowest BCUT2D eigenvalue weighted by Crippen LogP contribution is -2.55. The fraction of sp³-hybridized carbons (Fsp3) is 0.516. The van der Waals surface area contributed by atoms with Gasteiger partial charge in [-0.3, -0.25) is 14.4 Å². The van der Waals surface area contributed by atoms with Gasteiger partial charge in [-0.1, -0.05) is 29.3 Å². The van der Waals surface area contributed by atoms with Gasteiger partial charge in [0.15, 0.2) is 6.04 Å². The monoisotopic (exact) mass is 695 g/mol. The van der Waals surface area contributed by atoms with Crippen LogP contribution in [-0.2, 0) is 19.2 Å². The van der Waals surface area contributed by atoms with Crippen LogP contribution in [0.5, 0.6) is 0 Å². The molecule has 0 aliphatic heterocycles. The van der Waals surface area contributed by atoms with Crippen molar-refractivity contribution in [3.8, 4) is 0 Å². The number of benzene rings is 1. The molecule has 0 radical (unpaired) electrons. The average Bonchev–Trinajstić information content (AvgIpc) is 3.02. The van der Waals surface area contributed by atoms with E-state index in [0.29, 0.717) is 58.7 Å². The van der Waals surface area contributed by atoms with Crippen LogP contribution in [0.1, 0.15) is 44.2 Å². The van der Waals surface area contributed by atoms with Crippen LogP contribution >= 0.6 is 23.2 Å². The van der Waals surface area contributed by atoms with Crippen molar-refractivity contribution in [3.63, 3.8) is 0 Å². The summed E-state index contributed by atoms with van der Waals surface area (Å²) in [5.74, 6) is -2.41. The molecule has 0 saturated heterocycles. The number of amides is 3. The molecule has 1 aromatic heterocycles. The van der Waals surface area contributed by atoms with Crippen molar-refractivity contribution >= 4 is 52.7 Å². The molecule has 1 aromatic carbocycles. The highest BCUT2D eigenvalue weighted by atomic mass is 35.5. The number of hydrogen-bond acceptors (Lipinski definition) is 10. The third-order valence-corrected chi connectivity index (χ3v) is 7.45. The first kappa shape index (κ1) is 39.6. The van der Waals surface area contributed by atoms with E-state index in [2.05, 4.69) is 36.9 Å². The Bertz CT molecular complexity index is 1240. The summed E-state index contributed by atoms with van der Waals surface area (Å²) < 4.78 is 0. The maximum absolute atomic E-state index is 13.3. The number of carboxylic acids is 1. The number of halogens is 2. The lowest BCUT2D eigenvalue weighted by atomic mass is 9.97. The van der Waals surface area contributed by atoms with Crippen molar-refractivity contribution in [2.75, 3.05) is 51.1 Å². The van der Waals surface area contributed by atoms with E-state index < -0.39 is 35.9 Å². The topological polar surface area (TPSA) is 226 Å². The quantitative estimate of drug-likeness (QED) is 0.0746. The number of nitrogens with two attached hydrogens (primary N) is 2. The molecule has 0 saturated carbocycles. The number of carboxylic acid groups (broad SMARTS) is 1. The molecule has 2 rings (SSSR count). The predicted octanol–water partition coefficient (Wildman–Crippen LogP) is 1.01. The molecule has 0 aliphatic rings. The van der Waals surface area contributed by atoms with Crippen molar-refractivity contribution in [1.29, 1.82) is 0 Å². The molecule has 260 valence electrons. The van der Waals surface area contributed by atoms with Gasteiger partial charge >= 0.3 is 5.97 Å². The second-order valence-corrected chi connectivity index (χ2v) is 11.9. The first-order chi connectivity index (χ1) is 22.5. The van der Waals surface area contributed by atoms with E-state index >= 15 is 0 Å². The summed E-state index contributed by atoms with van der Waals surface area (Å²) in [7, 11) is 0. The first-order valence-electron chi connectivity index (χ1n) is 15.6. The van der Waals surface area contributed by atoms with Crippen LogP contribution in [0.15, 0.2) is 42.6 Å². The minimum atomic E-state index is -1.62. The molecule has 0 bridgehead atoms. The number of aliphatic carboxylic acids is 1. The predicted molar refractivity (Wildman–Crippen MR) is 183 cm³/mol. The first-order valence-corrected chi connectivity index (χ1v) is 16.3. The number of carbonyl (C=O) groups excluding carboxylic acids is 3. The normalized spacial score (nSPS) is 13.0. The molecular weight excluding hydrogens is 649 g/mol. The van der Waals surface area contributed by atoms with Crippen LogP contribution in [-0.4, -0.2) is 91.7 Å². The van der Waals surface area contributed by atoms with Gasteiger partial charge in [-0.15, -0.1) is 0 Å². The highest BCUT2D eigenvalue weighted by Gasteiger charge is 2.34. The molecule has 47 heavy (non-hydrogen) atoms. The number of pyridine rings is 1. The van der Waals surface area contributed by atoms with Crippen LogP contribution in [0.25, 0.3) is 0 Å². The maximum atomic E-state index is 13.3. The van der Waals surface area contributed by atoms with E-state index in [0.717, 1.165) is 5.82 Å². The molecule has 0 aliphatic carbocycles. The van der Waals surface area contributed by atoms with Gasteiger partial charge in [0.2, 0.25) is 17.7 Å². The van der Waals surface area contributed by atoms with Crippen LogP contribution in [0.3, 0.4) is 0 Å². The van der Waals surface area contributed by atoms with Crippen molar-refractivity contribution in [2.45, 2.75) is 50.7 Å². The number of aromatic nitrogens is 1. The molecule has 1 heterocycles. The van der Waals surface area contributed by atoms with Gasteiger partial charge in [0.05, 0.1) is 6.04 Å². The van der Waals surface area contributed by atoms with Crippen LogP contribution in [0, 0.1) is 5.92 Å². The molecule has 0 spiro atoms. The summed E-state index contributed by atoms with van der Waals surface area (Å²) >= 11 is 12.4. The second kappa shape index (κ2) is 22.1. The zero-order chi connectivity index (χ0) is 34.6. The summed E-state index contributed by atoms with van der Waals surface area (Å²) in [5.41, 5.74) is 11.4. The molecule has 3 amide bonds. The number of hydrogen-bond donors (Lipinski definition) is 9. The number of carbonyl (C=O) groups is 4. The molecular formula is C31H47Cl2N9O5. The Morgan fingerprint density at radius 3 is 2.11 bits per heavy atom. The van der Waals surface area contributed by atoms with E-state index in [9.17, 15) is 24.3 Å². The van der Waals surface area contributed by atoms with Gasteiger partial charge in [-0.05, 0) is 74.7 Å². The summed E-state index contributed by atoms with van der Waals surface area (Å²) in [5, 5.41) is 28.0. The van der Waals surface area contributed by atoms with Gasteiger partial charge in [-0.25, -0.2) is 9.78 Å². The summed E-state index contributed by atoms with van der Waals surface area (Å²) in [4.78, 5) is 55.7. The lowest BCUT2D eigenvalue weighted by Gasteiger charge is -2.28. The number of nitrogens with one attached hydrogen (secondary N) is 6. The Morgan fingerprint density at radius 1 is 0.872 bits per heavy atom. The van der Waals surface area contributed by atoms with E-state index in [1.807, 2.05) is 18.2 Å². The largest absolute Gasteiger partial charge is 0.480 e. The Balaban J connectivity index is 2.08. The molecule has 2 unspecified atom stereocenters.